The van der Waals surface area contributed by atoms with Crippen LogP contribution in [0.2, 0.25) is 0 Å². The molecule has 8 heteroatoms. The summed E-state index contributed by atoms with van der Waals surface area (Å²) in [6.45, 7) is 1.93. The lowest BCUT2D eigenvalue weighted by Gasteiger charge is -2.16. The van der Waals surface area contributed by atoms with Crippen molar-refractivity contribution in [2.45, 2.75) is 30.9 Å². The van der Waals surface area contributed by atoms with E-state index in [0.717, 1.165) is 6.92 Å². The first-order valence-electron chi connectivity index (χ1n) is 5.25. The number of alkyl halides is 1. The van der Waals surface area contributed by atoms with Gasteiger partial charge < -0.3 is 4.74 Å². The molecule has 108 valence electrons. The highest BCUT2D eigenvalue weighted by molar-refractivity contribution is 7.92. The minimum Gasteiger partial charge on any atom is -0.461 e. The molecule has 0 aliphatic carbocycles. The average molecular weight is 300 g/mol. The first-order chi connectivity index (χ1) is 8.66. The number of hydrogen-bond donors (Lipinski definition) is 0. The van der Waals surface area contributed by atoms with Crippen molar-refractivity contribution >= 4 is 9.84 Å². The largest absolute Gasteiger partial charge is 0.461 e. The molecule has 0 spiro atoms. The average Bonchev–Trinajstić information content (AvgIpc) is 2.33. The summed E-state index contributed by atoms with van der Waals surface area (Å²) >= 11 is 0. The summed E-state index contributed by atoms with van der Waals surface area (Å²) in [5.74, 6) is -6.28. The molecule has 1 aromatic rings. The molecular weight excluding hydrogens is 288 g/mol. The van der Waals surface area contributed by atoms with E-state index in [-0.39, 0.29) is 0 Å². The van der Waals surface area contributed by atoms with Crippen LogP contribution in [0.3, 0.4) is 0 Å². The Labute approximate surface area is 108 Å². The van der Waals surface area contributed by atoms with E-state index in [1.807, 2.05) is 0 Å². The Bertz CT molecular complexity index is 597. The van der Waals surface area contributed by atoms with Crippen LogP contribution in [0.4, 0.5) is 17.6 Å². The van der Waals surface area contributed by atoms with Crippen LogP contribution < -0.4 is 4.74 Å². The van der Waals surface area contributed by atoms with Crippen molar-refractivity contribution in [1.29, 1.82) is 0 Å². The first kappa shape index (κ1) is 15.7. The van der Waals surface area contributed by atoms with Crippen LogP contribution in [0.15, 0.2) is 4.90 Å². The molecule has 0 atom stereocenters. The minimum atomic E-state index is -4.30. The van der Waals surface area contributed by atoms with Crippen molar-refractivity contribution in [3.05, 3.63) is 23.0 Å². The van der Waals surface area contributed by atoms with E-state index in [4.69, 9.17) is 0 Å². The summed E-state index contributed by atoms with van der Waals surface area (Å²) in [7, 11) is -4.30. The van der Waals surface area contributed by atoms with Crippen molar-refractivity contribution in [3.63, 3.8) is 0 Å². The van der Waals surface area contributed by atoms with Crippen molar-refractivity contribution in [1.82, 2.24) is 0 Å². The normalized spacial score (nSPS) is 12.0. The second kappa shape index (κ2) is 5.36. The summed E-state index contributed by atoms with van der Waals surface area (Å²) in [6.07, 6.45) is 0. The molecule has 0 aliphatic rings. The molecule has 0 saturated carbocycles. The molecule has 1 rings (SSSR count). The molecular formula is C11H12F4O3S. The van der Waals surface area contributed by atoms with Crippen LogP contribution in [-0.4, -0.2) is 20.5 Å². The standard InChI is InChI=1S/C11H12F4O3S/c1-5(2)19(16,17)11-9(15)8(14)7(13)6(3)10(11)18-4-12/h5H,4H2,1-3H3. The Kier molecular flexibility index (Phi) is 4.44. The van der Waals surface area contributed by atoms with Crippen LogP contribution in [0.1, 0.15) is 19.4 Å². The lowest BCUT2D eigenvalue weighted by atomic mass is 10.2. The Morgan fingerprint density at radius 2 is 1.63 bits per heavy atom. The zero-order valence-corrected chi connectivity index (χ0v) is 11.2. The van der Waals surface area contributed by atoms with Gasteiger partial charge in [-0.3, -0.25) is 0 Å². The molecule has 0 unspecified atom stereocenters. The van der Waals surface area contributed by atoms with Crippen molar-refractivity contribution in [3.8, 4) is 5.75 Å². The molecule has 0 aliphatic heterocycles. The molecule has 0 N–H and O–H groups in total. The fraction of sp³-hybridized carbons (Fsp3) is 0.455. The van der Waals surface area contributed by atoms with E-state index >= 15 is 0 Å². The Balaban J connectivity index is 3.81. The second-order valence-corrected chi connectivity index (χ2v) is 6.51. The van der Waals surface area contributed by atoms with Crippen LogP contribution in [-0.2, 0) is 9.84 Å². The van der Waals surface area contributed by atoms with Gasteiger partial charge in [0.2, 0.25) is 6.86 Å². The number of sulfone groups is 1. The quantitative estimate of drug-likeness (QED) is 0.488. The first-order valence-corrected chi connectivity index (χ1v) is 6.80. The number of rotatable bonds is 4. The maximum atomic E-state index is 13.7. The Morgan fingerprint density at radius 1 is 1.11 bits per heavy atom. The third kappa shape index (κ3) is 2.54. The molecule has 19 heavy (non-hydrogen) atoms. The molecule has 0 amide bonds. The van der Waals surface area contributed by atoms with Gasteiger partial charge in [0.25, 0.3) is 0 Å². The van der Waals surface area contributed by atoms with Gasteiger partial charge in [0, 0.05) is 5.56 Å². The van der Waals surface area contributed by atoms with E-state index in [1.54, 1.807) is 0 Å². The van der Waals surface area contributed by atoms with Gasteiger partial charge in [-0.05, 0) is 20.8 Å². The number of ether oxygens (including phenoxy) is 1. The minimum absolute atomic E-state index is 0.601. The summed E-state index contributed by atoms with van der Waals surface area (Å²) < 4.78 is 80.8. The van der Waals surface area contributed by atoms with Gasteiger partial charge in [-0.2, -0.15) is 0 Å². The molecule has 0 aromatic heterocycles. The molecule has 0 saturated heterocycles. The van der Waals surface area contributed by atoms with Gasteiger partial charge in [0.05, 0.1) is 5.25 Å². The zero-order chi connectivity index (χ0) is 15.0. The lowest BCUT2D eigenvalue weighted by molar-refractivity contribution is 0.182. The van der Waals surface area contributed by atoms with Gasteiger partial charge in [0.15, 0.2) is 33.0 Å². The highest BCUT2D eigenvalue weighted by atomic mass is 32.2. The smallest absolute Gasteiger partial charge is 0.228 e. The fourth-order valence-corrected chi connectivity index (χ4v) is 2.73. The summed E-state index contributed by atoms with van der Waals surface area (Å²) in [5.41, 5.74) is -0.601. The Morgan fingerprint density at radius 3 is 2.05 bits per heavy atom. The number of hydrogen-bond acceptors (Lipinski definition) is 3. The highest BCUT2D eigenvalue weighted by Gasteiger charge is 2.34. The molecule has 1 aromatic carbocycles. The summed E-state index contributed by atoms with van der Waals surface area (Å²) in [4.78, 5) is -1.16. The van der Waals surface area contributed by atoms with Crippen LogP contribution in [0.5, 0.6) is 5.75 Å². The third-order valence-electron chi connectivity index (χ3n) is 2.56. The van der Waals surface area contributed by atoms with Gasteiger partial charge in [-0.25, -0.2) is 26.0 Å². The molecule has 0 bridgehead atoms. The monoisotopic (exact) mass is 300 g/mol. The molecule has 0 heterocycles. The van der Waals surface area contributed by atoms with E-state index in [1.165, 1.54) is 13.8 Å². The lowest BCUT2D eigenvalue weighted by Crippen LogP contribution is -2.19. The maximum absolute atomic E-state index is 13.7. The number of benzene rings is 1. The summed E-state index contributed by atoms with van der Waals surface area (Å²) in [6, 6.07) is 0. The van der Waals surface area contributed by atoms with E-state index in [9.17, 15) is 26.0 Å². The molecule has 3 nitrogen and oxygen atoms in total. The van der Waals surface area contributed by atoms with E-state index in [0.29, 0.717) is 0 Å². The maximum Gasteiger partial charge on any atom is 0.228 e. The van der Waals surface area contributed by atoms with Crippen molar-refractivity contribution in [2.75, 3.05) is 6.86 Å². The topological polar surface area (TPSA) is 43.4 Å². The van der Waals surface area contributed by atoms with Crippen molar-refractivity contribution in [2.24, 2.45) is 0 Å². The van der Waals surface area contributed by atoms with Gasteiger partial charge in [0.1, 0.15) is 4.90 Å². The van der Waals surface area contributed by atoms with E-state index in [2.05, 4.69) is 4.74 Å². The molecule has 0 fully saturated rings. The van der Waals surface area contributed by atoms with E-state index < -0.39 is 55.6 Å². The number of halogens is 4. The van der Waals surface area contributed by atoms with Crippen molar-refractivity contribution < 1.29 is 30.7 Å². The zero-order valence-electron chi connectivity index (χ0n) is 10.4. The molecule has 0 radical (unpaired) electrons. The predicted octanol–water partition coefficient (Wildman–Crippen LogP) is 2.90. The van der Waals surface area contributed by atoms with Crippen LogP contribution in [0.25, 0.3) is 0 Å². The second-order valence-electron chi connectivity index (χ2n) is 4.07. The SMILES string of the molecule is Cc1c(F)c(F)c(F)c(S(=O)(=O)C(C)C)c1OCF. The van der Waals surface area contributed by atoms with Crippen LogP contribution >= 0.6 is 0 Å². The fourth-order valence-electron chi connectivity index (χ4n) is 1.45. The predicted molar refractivity (Wildman–Crippen MR) is 60.0 cm³/mol. The van der Waals surface area contributed by atoms with Gasteiger partial charge in [-0.1, -0.05) is 0 Å². The van der Waals surface area contributed by atoms with Gasteiger partial charge >= 0.3 is 0 Å². The third-order valence-corrected chi connectivity index (χ3v) is 4.74. The Hall–Kier alpha value is -1.31. The van der Waals surface area contributed by atoms with Crippen LogP contribution in [0, 0.1) is 24.4 Å². The van der Waals surface area contributed by atoms with Gasteiger partial charge in [-0.15, -0.1) is 0 Å². The highest BCUT2D eigenvalue weighted by Crippen LogP contribution is 2.36. The summed E-state index contributed by atoms with van der Waals surface area (Å²) in [5, 5.41) is -1.10.